The molecule has 1 rings (SSSR count). The number of halogens is 1. The number of rotatable bonds is 5. The second-order valence-corrected chi connectivity index (χ2v) is 6.16. The van der Waals surface area contributed by atoms with Crippen LogP contribution in [0.4, 0.5) is 11.4 Å². The van der Waals surface area contributed by atoms with Crippen molar-refractivity contribution < 1.29 is 13.2 Å². The minimum atomic E-state index is -3.35. The number of anilines is 2. The normalized spacial score (nSPS) is 10.9. The summed E-state index contributed by atoms with van der Waals surface area (Å²) in [5.74, 6) is -0.461. The van der Waals surface area contributed by atoms with Crippen molar-refractivity contribution in [1.82, 2.24) is 4.31 Å². The van der Waals surface area contributed by atoms with Gasteiger partial charge in [0, 0.05) is 7.05 Å². The summed E-state index contributed by atoms with van der Waals surface area (Å²) >= 11 is 0. The summed E-state index contributed by atoms with van der Waals surface area (Å²) in [5.41, 5.74) is 6.58. The number of nitrogens with zero attached hydrogens (tertiary/aromatic N) is 1. The first-order chi connectivity index (χ1) is 8.36. The van der Waals surface area contributed by atoms with Gasteiger partial charge >= 0.3 is 0 Å². The second kappa shape index (κ2) is 7.32. The molecule has 6 nitrogen and oxygen atoms in total. The first kappa shape index (κ1) is 17.7. The van der Waals surface area contributed by atoms with Crippen molar-refractivity contribution in [2.75, 3.05) is 30.4 Å². The predicted octanol–water partition coefficient (Wildman–Crippen LogP) is 0.911. The lowest BCUT2D eigenvalue weighted by Gasteiger charge is -2.16. The van der Waals surface area contributed by atoms with Crippen molar-refractivity contribution in [3.05, 3.63) is 24.3 Å². The van der Waals surface area contributed by atoms with Gasteiger partial charge in [-0.2, -0.15) is 4.31 Å². The summed E-state index contributed by atoms with van der Waals surface area (Å²) < 4.78 is 24.0. The van der Waals surface area contributed by atoms with E-state index in [-0.39, 0.29) is 24.7 Å². The summed E-state index contributed by atoms with van der Waals surface area (Å²) in [6.07, 6.45) is 0. The van der Waals surface area contributed by atoms with E-state index in [4.69, 9.17) is 5.73 Å². The number of nitrogens with one attached hydrogen (secondary N) is 1. The molecule has 19 heavy (non-hydrogen) atoms. The predicted molar refractivity (Wildman–Crippen MR) is 78.8 cm³/mol. The number of sulfonamides is 1. The Bertz CT molecular complexity index is 534. The van der Waals surface area contributed by atoms with E-state index in [1.807, 2.05) is 0 Å². The maximum absolute atomic E-state index is 11.7. The molecule has 0 saturated heterocycles. The average Bonchev–Trinajstić information content (AvgIpc) is 2.32. The molecular formula is C11H18ClN3O3S. The quantitative estimate of drug-likeness (QED) is 0.791. The zero-order valence-electron chi connectivity index (χ0n) is 10.8. The lowest BCUT2D eigenvalue weighted by molar-refractivity contribution is -0.116. The number of para-hydroxylation sites is 2. The van der Waals surface area contributed by atoms with Crippen LogP contribution in [-0.4, -0.2) is 38.0 Å². The number of hydrogen-bond acceptors (Lipinski definition) is 4. The highest BCUT2D eigenvalue weighted by molar-refractivity contribution is 7.89. The molecule has 3 N–H and O–H groups in total. The Morgan fingerprint density at radius 1 is 1.37 bits per heavy atom. The number of benzene rings is 1. The van der Waals surface area contributed by atoms with Crippen LogP contribution in [0.2, 0.25) is 0 Å². The van der Waals surface area contributed by atoms with Crippen molar-refractivity contribution in [1.29, 1.82) is 0 Å². The van der Waals surface area contributed by atoms with Gasteiger partial charge in [-0.25, -0.2) is 8.42 Å². The molecule has 0 spiro atoms. The molecule has 0 aliphatic carbocycles. The highest BCUT2D eigenvalue weighted by Crippen LogP contribution is 2.16. The van der Waals surface area contributed by atoms with Crippen molar-refractivity contribution in [3.63, 3.8) is 0 Å². The van der Waals surface area contributed by atoms with E-state index in [0.717, 1.165) is 4.31 Å². The summed E-state index contributed by atoms with van der Waals surface area (Å²) in [6, 6.07) is 6.79. The molecular weight excluding hydrogens is 290 g/mol. The van der Waals surface area contributed by atoms with Gasteiger partial charge in [0.2, 0.25) is 15.9 Å². The first-order valence-corrected chi connectivity index (χ1v) is 7.06. The fourth-order valence-corrected chi connectivity index (χ4v) is 2.08. The van der Waals surface area contributed by atoms with Crippen LogP contribution in [0.5, 0.6) is 0 Å². The molecule has 1 amide bonds. The van der Waals surface area contributed by atoms with Gasteiger partial charge in [-0.15, -0.1) is 12.4 Å². The van der Waals surface area contributed by atoms with Crippen LogP contribution in [-0.2, 0) is 14.8 Å². The van der Waals surface area contributed by atoms with Gasteiger partial charge in [0.1, 0.15) is 0 Å². The van der Waals surface area contributed by atoms with Crippen molar-refractivity contribution in [2.24, 2.45) is 0 Å². The molecule has 0 aliphatic heterocycles. The van der Waals surface area contributed by atoms with Crippen molar-refractivity contribution in [3.8, 4) is 0 Å². The number of likely N-dealkylation sites (N-methyl/N-ethyl adjacent to an activating group) is 1. The Kier molecular flexibility index (Phi) is 6.82. The zero-order valence-corrected chi connectivity index (χ0v) is 12.4. The van der Waals surface area contributed by atoms with Gasteiger partial charge in [0.05, 0.1) is 23.7 Å². The molecule has 108 valence electrons. The minimum Gasteiger partial charge on any atom is -0.397 e. The third kappa shape index (κ3) is 5.06. The Morgan fingerprint density at radius 2 is 1.95 bits per heavy atom. The van der Waals surface area contributed by atoms with Gasteiger partial charge in [-0.05, 0) is 19.1 Å². The summed E-state index contributed by atoms with van der Waals surface area (Å²) in [5, 5.41) is 2.57. The topological polar surface area (TPSA) is 92.5 Å². The molecule has 0 aromatic heterocycles. The van der Waals surface area contributed by atoms with Crippen LogP contribution in [0.3, 0.4) is 0 Å². The Hall–Kier alpha value is -1.31. The van der Waals surface area contributed by atoms with Gasteiger partial charge in [-0.3, -0.25) is 4.79 Å². The number of carbonyl (C=O) groups excluding carboxylic acids is 1. The highest BCUT2D eigenvalue weighted by atomic mass is 35.5. The molecule has 0 aliphatic rings. The number of hydrogen-bond donors (Lipinski definition) is 2. The van der Waals surface area contributed by atoms with E-state index in [1.165, 1.54) is 14.0 Å². The molecule has 1 aromatic carbocycles. The third-order valence-corrected chi connectivity index (χ3v) is 4.25. The largest absolute Gasteiger partial charge is 0.397 e. The Morgan fingerprint density at radius 3 is 2.47 bits per heavy atom. The highest BCUT2D eigenvalue weighted by Gasteiger charge is 2.18. The van der Waals surface area contributed by atoms with Crippen LogP contribution in [0.1, 0.15) is 6.92 Å². The van der Waals surface area contributed by atoms with Crippen molar-refractivity contribution >= 4 is 39.7 Å². The number of nitrogens with two attached hydrogens (primary N) is 1. The molecule has 1 aromatic rings. The molecule has 0 radical (unpaired) electrons. The fraction of sp³-hybridized carbons (Fsp3) is 0.364. The molecule has 8 heteroatoms. The summed E-state index contributed by atoms with van der Waals surface area (Å²) in [6.45, 7) is 1.30. The summed E-state index contributed by atoms with van der Waals surface area (Å²) in [7, 11) is -1.99. The van der Waals surface area contributed by atoms with Crippen molar-refractivity contribution in [2.45, 2.75) is 6.92 Å². The maximum Gasteiger partial charge on any atom is 0.239 e. The van der Waals surface area contributed by atoms with Crippen LogP contribution >= 0.6 is 12.4 Å². The van der Waals surface area contributed by atoms with E-state index in [2.05, 4.69) is 5.32 Å². The average molecular weight is 308 g/mol. The van der Waals surface area contributed by atoms with E-state index in [9.17, 15) is 13.2 Å². The van der Waals surface area contributed by atoms with Crippen LogP contribution in [0.15, 0.2) is 24.3 Å². The minimum absolute atomic E-state index is 0. The smallest absolute Gasteiger partial charge is 0.239 e. The van der Waals surface area contributed by atoms with E-state index in [1.54, 1.807) is 24.3 Å². The van der Waals surface area contributed by atoms with Gasteiger partial charge in [0.15, 0.2) is 0 Å². The monoisotopic (exact) mass is 307 g/mol. The Labute approximate surface area is 119 Å². The van der Waals surface area contributed by atoms with Crippen LogP contribution in [0, 0.1) is 0 Å². The summed E-state index contributed by atoms with van der Waals surface area (Å²) in [4.78, 5) is 11.7. The lowest BCUT2D eigenvalue weighted by Crippen LogP contribution is -2.35. The zero-order chi connectivity index (χ0) is 13.8. The molecule has 0 bridgehead atoms. The molecule has 0 fully saturated rings. The maximum atomic E-state index is 11.7. The first-order valence-electron chi connectivity index (χ1n) is 5.45. The molecule has 0 heterocycles. The van der Waals surface area contributed by atoms with Gasteiger partial charge in [-0.1, -0.05) is 12.1 Å². The fourth-order valence-electron chi connectivity index (χ4n) is 1.32. The third-order valence-electron chi connectivity index (χ3n) is 2.44. The Balaban J connectivity index is 0.00000324. The van der Waals surface area contributed by atoms with Crippen LogP contribution in [0.25, 0.3) is 0 Å². The number of carbonyl (C=O) groups is 1. The number of nitrogen functional groups attached to an aromatic ring is 1. The van der Waals surface area contributed by atoms with E-state index in [0.29, 0.717) is 11.4 Å². The van der Waals surface area contributed by atoms with Crippen LogP contribution < -0.4 is 11.1 Å². The second-order valence-electron chi connectivity index (χ2n) is 3.79. The SMILES string of the molecule is CCS(=O)(=O)N(C)CC(=O)Nc1ccccc1N.Cl. The number of amides is 1. The standard InChI is InChI=1S/C11H17N3O3S.ClH/c1-3-18(16,17)14(2)8-11(15)13-10-7-5-4-6-9(10)12;/h4-7H,3,8,12H2,1-2H3,(H,13,15);1H. The lowest BCUT2D eigenvalue weighted by atomic mass is 10.2. The van der Waals surface area contributed by atoms with Gasteiger partial charge < -0.3 is 11.1 Å². The van der Waals surface area contributed by atoms with E-state index >= 15 is 0 Å². The molecule has 0 saturated carbocycles. The molecule has 0 atom stereocenters. The van der Waals surface area contributed by atoms with E-state index < -0.39 is 15.9 Å². The molecule has 0 unspecified atom stereocenters. The van der Waals surface area contributed by atoms with Gasteiger partial charge in [0.25, 0.3) is 0 Å².